The molecule has 0 radical (unpaired) electrons. The highest BCUT2D eigenvalue weighted by Gasteiger charge is 2.29. The van der Waals surface area contributed by atoms with Crippen molar-refractivity contribution in [1.29, 1.82) is 0 Å². The molecule has 0 saturated heterocycles. The number of nitrogen functional groups attached to an aromatic ring is 1. The van der Waals surface area contributed by atoms with Gasteiger partial charge in [0, 0.05) is 11.8 Å². The van der Waals surface area contributed by atoms with Crippen LogP contribution < -0.4 is 16.2 Å². The van der Waals surface area contributed by atoms with Gasteiger partial charge in [-0.1, -0.05) is 6.07 Å². The molecule has 0 unspecified atom stereocenters. The third-order valence-corrected chi connectivity index (χ3v) is 5.52. The molecule has 10 heteroatoms. The Morgan fingerprint density at radius 3 is 2.52 bits per heavy atom. The van der Waals surface area contributed by atoms with Crippen molar-refractivity contribution in [1.82, 2.24) is 14.5 Å². The van der Waals surface area contributed by atoms with E-state index < -0.39 is 24.0 Å². The fraction of sp³-hybridized carbons (Fsp3) is 0.174. The van der Waals surface area contributed by atoms with E-state index in [-0.39, 0.29) is 33.7 Å². The summed E-state index contributed by atoms with van der Waals surface area (Å²) in [6, 6.07) is 7.18. The van der Waals surface area contributed by atoms with Crippen LogP contribution >= 0.6 is 0 Å². The lowest BCUT2D eigenvalue weighted by atomic mass is 9.91. The first-order chi connectivity index (χ1) is 15.7. The van der Waals surface area contributed by atoms with Crippen LogP contribution in [0.4, 0.5) is 18.9 Å². The summed E-state index contributed by atoms with van der Waals surface area (Å²) < 4.78 is 49.1. The molecular formula is C23H20F3N5O2. The number of imidazole rings is 1. The average Bonchev–Trinajstić information content (AvgIpc) is 3.14. The Hall–Kier alpha value is -4.08. The zero-order valence-electron chi connectivity index (χ0n) is 18.0. The fourth-order valence-electron chi connectivity index (χ4n) is 4.05. The van der Waals surface area contributed by atoms with E-state index in [0.29, 0.717) is 16.9 Å². The molecule has 1 amide bonds. The van der Waals surface area contributed by atoms with Crippen LogP contribution in [0.5, 0.6) is 5.75 Å². The molecule has 170 valence electrons. The third-order valence-electron chi connectivity index (χ3n) is 5.52. The Labute approximate surface area is 186 Å². The quantitative estimate of drug-likeness (QED) is 0.432. The Kier molecular flexibility index (Phi) is 5.44. The van der Waals surface area contributed by atoms with Crippen molar-refractivity contribution < 1.29 is 22.7 Å². The van der Waals surface area contributed by atoms with Crippen molar-refractivity contribution in [3.05, 3.63) is 64.9 Å². The number of primary amides is 1. The number of nitrogens with zero attached hydrogens (tertiary/aromatic N) is 3. The number of carbonyl (C=O) groups is 1. The predicted octanol–water partition coefficient (Wildman–Crippen LogP) is 4.47. The summed E-state index contributed by atoms with van der Waals surface area (Å²) in [6.07, 6.45) is -1.80. The number of hydrogen-bond donors (Lipinski definition) is 2. The Morgan fingerprint density at radius 1 is 1.18 bits per heavy atom. The van der Waals surface area contributed by atoms with E-state index in [4.69, 9.17) is 16.2 Å². The van der Waals surface area contributed by atoms with Crippen LogP contribution in [0.3, 0.4) is 0 Å². The summed E-state index contributed by atoms with van der Waals surface area (Å²) in [7, 11) is 1.49. The Balaban J connectivity index is 2.25. The molecular weight excluding hydrogens is 435 g/mol. The molecule has 2 aromatic carbocycles. The molecule has 33 heavy (non-hydrogen) atoms. The molecule has 0 bridgehead atoms. The maximum atomic E-state index is 14.6. The van der Waals surface area contributed by atoms with Crippen molar-refractivity contribution in [2.45, 2.75) is 20.3 Å². The summed E-state index contributed by atoms with van der Waals surface area (Å²) in [4.78, 5) is 20.3. The van der Waals surface area contributed by atoms with E-state index in [2.05, 4.69) is 9.97 Å². The maximum Gasteiger partial charge on any atom is 0.296 e. The molecule has 7 nitrogen and oxygen atoms in total. The molecule has 0 atom stereocenters. The highest BCUT2D eigenvalue weighted by Crippen LogP contribution is 2.43. The summed E-state index contributed by atoms with van der Waals surface area (Å²) in [5.74, 6) is -2.33. The number of hydrogen-bond acceptors (Lipinski definition) is 5. The van der Waals surface area contributed by atoms with Crippen LogP contribution in [0.1, 0.15) is 33.7 Å². The van der Waals surface area contributed by atoms with Crippen molar-refractivity contribution in [2.24, 2.45) is 5.73 Å². The van der Waals surface area contributed by atoms with Gasteiger partial charge in [-0.05, 0) is 54.8 Å². The first-order valence-electron chi connectivity index (χ1n) is 9.85. The normalized spacial score (nSPS) is 11.4. The number of methoxy groups -OCH3 is 1. The van der Waals surface area contributed by atoms with Gasteiger partial charge in [0.1, 0.15) is 5.75 Å². The van der Waals surface area contributed by atoms with E-state index >= 15 is 0 Å². The molecule has 2 heterocycles. The number of aromatic nitrogens is 3. The highest BCUT2D eigenvalue weighted by atomic mass is 19.3. The maximum absolute atomic E-state index is 14.6. The second-order valence-corrected chi connectivity index (χ2v) is 7.44. The molecule has 0 fully saturated rings. The van der Waals surface area contributed by atoms with E-state index in [1.54, 1.807) is 26.0 Å². The van der Waals surface area contributed by atoms with E-state index in [9.17, 15) is 18.0 Å². The van der Waals surface area contributed by atoms with Gasteiger partial charge in [0.2, 0.25) is 0 Å². The number of amides is 1. The SMILES string of the molecule is COc1ccc(C)c(-c2c(N)c(C(N)=O)cc3c2nc(C(F)F)n3-c2ncccc2F)c1C. The van der Waals surface area contributed by atoms with Gasteiger partial charge in [0.15, 0.2) is 17.5 Å². The van der Waals surface area contributed by atoms with Crippen molar-refractivity contribution in [2.75, 3.05) is 12.8 Å². The molecule has 4 aromatic rings. The van der Waals surface area contributed by atoms with Gasteiger partial charge in [-0.2, -0.15) is 0 Å². The van der Waals surface area contributed by atoms with Gasteiger partial charge in [0.25, 0.3) is 12.3 Å². The number of carbonyl (C=O) groups excluding carboxylic acids is 1. The number of aryl methyl sites for hydroxylation is 1. The summed E-state index contributed by atoms with van der Waals surface area (Å²) in [5.41, 5.74) is 14.0. The standard InChI is InChI=1S/C23H20F3N5O2/c1-10-6-7-15(33-3)11(2)16(10)17-18(27)12(21(28)32)9-14-19(17)30-23(20(25)26)31(14)22-13(24)5-4-8-29-22/h4-9,20H,27H2,1-3H3,(H2,28,32). The van der Waals surface area contributed by atoms with E-state index in [0.717, 1.165) is 16.2 Å². The number of benzene rings is 2. The fourth-order valence-corrected chi connectivity index (χ4v) is 4.05. The number of fused-ring (bicyclic) bond motifs is 1. The van der Waals surface area contributed by atoms with Crippen molar-refractivity contribution in [3.63, 3.8) is 0 Å². The number of pyridine rings is 1. The molecule has 0 aliphatic rings. The van der Waals surface area contributed by atoms with Crippen LogP contribution in [0, 0.1) is 19.7 Å². The van der Waals surface area contributed by atoms with Crippen LogP contribution in [0.25, 0.3) is 28.0 Å². The first kappa shape index (κ1) is 22.1. The summed E-state index contributed by atoms with van der Waals surface area (Å²) in [5, 5.41) is 0. The van der Waals surface area contributed by atoms with Gasteiger partial charge in [-0.25, -0.2) is 23.1 Å². The zero-order valence-corrected chi connectivity index (χ0v) is 18.0. The van der Waals surface area contributed by atoms with E-state index in [1.165, 1.54) is 25.4 Å². The number of anilines is 1. The summed E-state index contributed by atoms with van der Waals surface area (Å²) in [6.45, 7) is 3.57. The topological polar surface area (TPSA) is 109 Å². The minimum atomic E-state index is -3.07. The lowest BCUT2D eigenvalue weighted by molar-refractivity contribution is 0.100. The Morgan fingerprint density at radius 2 is 1.91 bits per heavy atom. The molecule has 0 aliphatic heterocycles. The monoisotopic (exact) mass is 455 g/mol. The molecule has 0 saturated carbocycles. The van der Waals surface area contributed by atoms with Crippen molar-refractivity contribution >= 4 is 22.6 Å². The zero-order chi connectivity index (χ0) is 24.0. The lowest BCUT2D eigenvalue weighted by Gasteiger charge is -2.18. The summed E-state index contributed by atoms with van der Waals surface area (Å²) >= 11 is 0. The second kappa shape index (κ2) is 8.12. The van der Waals surface area contributed by atoms with Crippen molar-refractivity contribution in [3.8, 4) is 22.7 Å². The number of ether oxygens (including phenoxy) is 1. The predicted molar refractivity (Wildman–Crippen MR) is 118 cm³/mol. The molecule has 0 spiro atoms. The number of alkyl halides is 2. The smallest absolute Gasteiger partial charge is 0.296 e. The minimum Gasteiger partial charge on any atom is -0.496 e. The van der Waals surface area contributed by atoms with Crippen LogP contribution in [-0.2, 0) is 0 Å². The van der Waals surface area contributed by atoms with Gasteiger partial charge in [0.05, 0.1) is 29.4 Å². The van der Waals surface area contributed by atoms with Crippen LogP contribution in [0.15, 0.2) is 36.5 Å². The molecule has 4 rings (SSSR count). The van der Waals surface area contributed by atoms with Gasteiger partial charge in [-0.3, -0.25) is 9.36 Å². The number of halogens is 3. The van der Waals surface area contributed by atoms with E-state index in [1.807, 2.05) is 0 Å². The second-order valence-electron chi connectivity index (χ2n) is 7.44. The minimum absolute atomic E-state index is 0.0162. The average molecular weight is 455 g/mol. The number of nitrogens with two attached hydrogens (primary N) is 2. The Bertz CT molecular complexity index is 1420. The van der Waals surface area contributed by atoms with Crippen LogP contribution in [0.2, 0.25) is 0 Å². The highest BCUT2D eigenvalue weighted by molar-refractivity contribution is 6.11. The first-order valence-corrected chi connectivity index (χ1v) is 9.85. The van der Waals surface area contributed by atoms with Crippen LogP contribution in [-0.4, -0.2) is 27.6 Å². The van der Waals surface area contributed by atoms with Gasteiger partial charge >= 0.3 is 0 Å². The van der Waals surface area contributed by atoms with Gasteiger partial charge in [-0.15, -0.1) is 0 Å². The third kappa shape index (κ3) is 3.43. The number of rotatable bonds is 5. The lowest BCUT2D eigenvalue weighted by Crippen LogP contribution is -2.15. The molecule has 2 aromatic heterocycles. The van der Waals surface area contributed by atoms with Gasteiger partial charge < -0.3 is 16.2 Å². The molecule has 0 aliphatic carbocycles. The largest absolute Gasteiger partial charge is 0.496 e. The molecule has 4 N–H and O–H groups in total.